The van der Waals surface area contributed by atoms with Gasteiger partial charge in [0.2, 0.25) is 0 Å². The van der Waals surface area contributed by atoms with Gasteiger partial charge in [0, 0.05) is 21.2 Å². The first-order chi connectivity index (χ1) is 5.14. The molecule has 5 heteroatoms. The molecule has 0 aliphatic carbocycles. The SMILES string of the molecule is CC1(C)OC[C@H](COSI)O1. The standard InChI is InChI=1S/C6H11IO3S/c1-6(2)8-3-5(10-6)4-9-11-7/h5H,3-4H2,1-2H3/t5-/m1/s1. The summed E-state index contributed by atoms with van der Waals surface area (Å²) in [6, 6.07) is 0. The van der Waals surface area contributed by atoms with Crippen LogP contribution in [0.25, 0.3) is 0 Å². The molecule has 1 fully saturated rings. The fourth-order valence-corrected chi connectivity index (χ4v) is 1.59. The normalized spacial score (nSPS) is 29.2. The van der Waals surface area contributed by atoms with Crippen molar-refractivity contribution in [1.82, 2.24) is 0 Å². The number of hydrogen-bond donors (Lipinski definition) is 0. The lowest BCUT2D eigenvalue weighted by atomic mass is 10.4. The van der Waals surface area contributed by atoms with Gasteiger partial charge in [-0.15, -0.1) is 0 Å². The molecule has 3 nitrogen and oxygen atoms in total. The van der Waals surface area contributed by atoms with Crippen LogP contribution in [-0.4, -0.2) is 25.1 Å². The number of hydrogen-bond acceptors (Lipinski definition) is 4. The fourth-order valence-electron chi connectivity index (χ4n) is 0.947. The smallest absolute Gasteiger partial charge is 0.163 e. The lowest BCUT2D eigenvalue weighted by molar-refractivity contribution is -0.141. The molecular formula is C6H11IO3S. The molecule has 0 N–H and O–H groups in total. The maximum atomic E-state index is 5.49. The summed E-state index contributed by atoms with van der Waals surface area (Å²) < 4.78 is 15.9. The van der Waals surface area contributed by atoms with E-state index in [-0.39, 0.29) is 6.10 Å². The average molecular weight is 290 g/mol. The zero-order chi connectivity index (χ0) is 8.32. The number of rotatable bonds is 3. The van der Waals surface area contributed by atoms with Gasteiger partial charge in [-0.2, -0.15) is 0 Å². The van der Waals surface area contributed by atoms with Crippen LogP contribution >= 0.6 is 30.4 Å². The van der Waals surface area contributed by atoms with Crippen molar-refractivity contribution in [2.75, 3.05) is 13.2 Å². The Morgan fingerprint density at radius 3 is 2.91 bits per heavy atom. The van der Waals surface area contributed by atoms with E-state index in [1.54, 1.807) is 0 Å². The van der Waals surface area contributed by atoms with Crippen molar-refractivity contribution in [3.63, 3.8) is 0 Å². The summed E-state index contributed by atoms with van der Waals surface area (Å²) in [7, 11) is 1.32. The Morgan fingerprint density at radius 1 is 1.73 bits per heavy atom. The van der Waals surface area contributed by atoms with E-state index < -0.39 is 5.79 Å². The van der Waals surface area contributed by atoms with E-state index in [4.69, 9.17) is 13.7 Å². The Hall–Kier alpha value is 0.960. The highest BCUT2D eigenvalue weighted by molar-refractivity contribution is 14.2. The third-order valence-corrected chi connectivity index (χ3v) is 2.35. The molecule has 66 valence electrons. The second-order valence-corrected chi connectivity index (χ2v) is 4.24. The van der Waals surface area contributed by atoms with E-state index in [1.165, 1.54) is 9.21 Å². The summed E-state index contributed by atoms with van der Waals surface area (Å²) in [5, 5.41) is 0. The highest BCUT2D eigenvalue weighted by Gasteiger charge is 2.32. The van der Waals surface area contributed by atoms with Crippen LogP contribution in [0.5, 0.6) is 0 Å². The summed E-state index contributed by atoms with van der Waals surface area (Å²) in [5.74, 6) is -0.427. The Bertz CT molecular complexity index is 131. The molecule has 0 bridgehead atoms. The molecule has 1 rings (SSSR count). The van der Waals surface area contributed by atoms with Gasteiger partial charge in [0.05, 0.1) is 22.4 Å². The van der Waals surface area contributed by atoms with Gasteiger partial charge in [0.1, 0.15) is 6.10 Å². The highest BCUT2D eigenvalue weighted by atomic mass is 127. The van der Waals surface area contributed by atoms with Gasteiger partial charge in [-0.05, 0) is 13.8 Å². The van der Waals surface area contributed by atoms with E-state index in [9.17, 15) is 0 Å². The van der Waals surface area contributed by atoms with Crippen molar-refractivity contribution in [2.24, 2.45) is 0 Å². The summed E-state index contributed by atoms with van der Waals surface area (Å²) in [4.78, 5) is 0. The molecule has 1 heterocycles. The second-order valence-electron chi connectivity index (χ2n) is 2.80. The van der Waals surface area contributed by atoms with Crippen molar-refractivity contribution in [3.8, 4) is 0 Å². The molecule has 0 amide bonds. The molecule has 11 heavy (non-hydrogen) atoms. The molecule has 0 spiro atoms. The van der Waals surface area contributed by atoms with E-state index >= 15 is 0 Å². The summed E-state index contributed by atoms with van der Waals surface area (Å²) in [6.07, 6.45) is 0.0901. The average Bonchev–Trinajstić information content (AvgIpc) is 2.26. The summed E-state index contributed by atoms with van der Waals surface area (Å²) in [6.45, 7) is 5.04. The molecule has 0 aromatic heterocycles. The zero-order valence-electron chi connectivity index (χ0n) is 6.50. The van der Waals surface area contributed by atoms with Gasteiger partial charge < -0.3 is 13.7 Å². The lowest BCUT2D eigenvalue weighted by Crippen LogP contribution is -2.23. The first kappa shape index (κ1) is 10.0. The molecule has 1 atom stereocenters. The third kappa shape index (κ3) is 3.45. The molecule has 1 saturated heterocycles. The number of ether oxygens (including phenoxy) is 2. The van der Waals surface area contributed by atoms with E-state index in [0.29, 0.717) is 13.2 Å². The molecule has 0 radical (unpaired) electrons. The number of halogens is 1. The lowest BCUT2D eigenvalue weighted by Gasteiger charge is -2.16. The topological polar surface area (TPSA) is 27.7 Å². The quantitative estimate of drug-likeness (QED) is 0.588. The van der Waals surface area contributed by atoms with Gasteiger partial charge in [-0.25, -0.2) is 0 Å². The van der Waals surface area contributed by atoms with Crippen molar-refractivity contribution < 1.29 is 13.7 Å². The molecule has 0 saturated carbocycles. The predicted molar refractivity (Wildman–Crippen MR) is 52.5 cm³/mol. The van der Waals surface area contributed by atoms with Gasteiger partial charge in [-0.1, -0.05) is 0 Å². The van der Waals surface area contributed by atoms with E-state index in [1.807, 2.05) is 13.8 Å². The summed E-state index contributed by atoms with van der Waals surface area (Å²) >= 11 is 2.08. The minimum absolute atomic E-state index is 0.0901. The molecule has 1 aliphatic rings. The van der Waals surface area contributed by atoms with Crippen molar-refractivity contribution in [1.29, 1.82) is 0 Å². The van der Waals surface area contributed by atoms with Crippen LogP contribution in [-0.2, 0) is 13.7 Å². The van der Waals surface area contributed by atoms with Gasteiger partial charge in [0.25, 0.3) is 0 Å². The third-order valence-electron chi connectivity index (χ3n) is 1.37. The van der Waals surface area contributed by atoms with Crippen LogP contribution in [0.15, 0.2) is 0 Å². The van der Waals surface area contributed by atoms with Crippen LogP contribution in [0, 0.1) is 0 Å². The molecular weight excluding hydrogens is 279 g/mol. The Kier molecular flexibility index (Phi) is 3.90. The minimum atomic E-state index is -0.427. The Labute approximate surface area is 82.9 Å². The van der Waals surface area contributed by atoms with E-state index in [0.717, 1.165) is 0 Å². The highest BCUT2D eigenvalue weighted by Crippen LogP contribution is 2.24. The van der Waals surface area contributed by atoms with Crippen LogP contribution in [0.1, 0.15) is 13.8 Å². The molecule has 0 aromatic carbocycles. The predicted octanol–water partition coefficient (Wildman–Crippen LogP) is 2.15. The van der Waals surface area contributed by atoms with Crippen LogP contribution in [0.2, 0.25) is 0 Å². The molecule has 0 aromatic rings. The second kappa shape index (κ2) is 4.27. The zero-order valence-corrected chi connectivity index (χ0v) is 9.48. The van der Waals surface area contributed by atoms with E-state index in [2.05, 4.69) is 21.2 Å². The van der Waals surface area contributed by atoms with Gasteiger partial charge in [-0.3, -0.25) is 0 Å². The van der Waals surface area contributed by atoms with Crippen LogP contribution in [0.3, 0.4) is 0 Å². The molecule has 1 aliphatic heterocycles. The van der Waals surface area contributed by atoms with Gasteiger partial charge >= 0.3 is 0 Å². The monoisotopic (exact) mass is 290 g/mol. The maximum Gasteiger partial charge on any atom is 0.163 e. The maximum absolute atomic E-state index is 5.49. The van der Waals surface area contributed by atoms with Crippen LogP contribution in [0.4, 0.5) is 0 Å². The molecule has 0 unspecified atom stereocenters. The van der Waals surface area contributed by atoms with Crippen molar-refractivity contribution >= 4 is 30.4 Å². The Balaban J connectivity index is 2.20. The summed E-state index contributed by atoms with van der Waals surface area (Å²) in [5.41, 5.74) is 0. The van der Waals surface area contributed by atoms with Crippen molar-refractivity contribution in [3.05, 3.63) is 0 Å². The fraction of sp³-hybridized carbons (Fsp3) is 1.00. The van der Waals surface area contributed by atoms with Crippen molar-refractivity contribution in [2.45, 2.75) is 25.7 Å². The van der Waals surface area contributed by atoms with Crippen LogP contribution < -0.4 is 0 Å². The minimum Gasteiger partial charge on any atom is -0.348 e. The first-order valence-corrected chi connectivity index (χ1v) is 6.64. The first-order valence-electron chi connectivity index (χ1n) is 3.36. The van der Waals surface area contributed by atoms with Gasteiger partial charge in [0.15, 0.2) is 5.79 Å². The largest absolute Gasteiger partial charge is 0.348 e. The Morgan fingerprint density at radius 2 is 2.45 bits per heavy atom.